The molecule has 0 aromatic heterocycles. The number of halogens is 2. The van der Waals surface area contributed by atoms with E-state index in [-0.39, 0.29) is 36.6 Å². The van der Waals surface area contributed by atoms with Gasteiger partial charge in [0.05, 0.1) is 0 Å². The van der Waals surface area contributed by atoms with Crippen molar-refractivity contribution < 1.29 is 23.2 Å². The summed E-state index contributed by atoms with van der Waals surface area (Å²) in [4.78, 5) is 43.0. The Kier molecular flexibility index (Phi) is 7.45. The van der Waals surface area contributed by atoms with Gasteiger partial charge in [0.1, 0.15) is 0 Å². The standard InChI is InChI=1S/C26H30F2N4O3/c1-16-3-5-17(6-4-16)25(34)31-13-2-14-32(26(35)18-7-12-21(27)22(28)15-18)24(31)23(33)30-20-10-8-19(29)9-11-20/h3-7,12,15,19-20,24H,2,8-11,13-14,29H2,1H3,(H,30,33). The number of hydrogen-bond donors (Lipinski definition) is 2. The van der Waals surface area contributed by atoms with Gasteiger partial charge in [0.15, 0.2) is 17.8 Å². The molecule has 1 saturated carbocycles. The van der Waals surface area contributed by atoms with Gasteiger partial charge in [-0.25, -0.2) is 8.78 Å². The number of benzene rings is 2. The minimum Gasteiger partial charge on any atom is -0.350 e. The van der Waals surface area contributed by atoms with E-state index in [0.29, 0.717) is 24.8 Å². The maximum Gasteiger partial charge on any atom is 0.264 e. The van der Waals surface area contributed by atoms with Crippen molar-refractivity contribution in [3.05, 3.63) is 70.8 Å². The lowest BCUT2D eigenvalue weighted by Crippen LogP contribution is -2.64. The molecule has 2 aromatic carbocycles. The van der Waals surface area contributed by atoms with E-state index in [4.69, 9.17) is 5.73 Å². The number of nitrogens with two attached hydrogens (primary N) is 1. The molecule has 35 heavy (non-hydrogen) atoms. The van der Waals surface area contributed by atoms with Crippen LogP contribution in [0.1, 0.15) is 58.4 Å². The van der Waals surface area contributed by atoms with E-state index in [1.165, 1.54) is 15.9 Å². The molecule has 9 heteroatoms. The fourth-order valence-corrected chi connectivity index (χ4v) is 4.73. The zero-order valence-electron chi connectivity index (χ0n) is 19.7. The fourth-order valence-electron chi connectivity index (χ4n) is 4.73. The molecule has 2 fully saturated rings. The van der Waals surface area contributed by atoms with E-state index in [0.717, 1.165) is 30.5 Å². The van der Waals surface area contributed by atoms with Gasteiger partial charge in [-0.1, -0.05) is 17.7 Å². The summed E-state index contributed by atoms with van der Waals surface area (Å²) in [6.07, 6.45) is 2.20. The molecule has 1 saturated heterocycles. The predicted octanol–water partition coefficient (Wildman–Crippen LogP) is 2.97. The molecule has 1 atom stereocenters. The lowest BCUT2D eigenvalue weighted by molar-refractivity contribution is -0.133. The normalized spacial score (nSPS) is 22.6. The quantitative estimate of drug-likeness (QED) is 0.698. The molecule has 1 aliphatic carbocycles. The number of nitrogens with one attached hydrogen (secondary N) is 1. The Balaban J connectivity index is 1.64. The summed E-state index contributed by atoms with van der Waals surface area (Å²) in [5.74, 6) is -3.71. The van der Waals surface area contributed by atoms with Gasteiger partial charge in [-0.3, -0.25) is 14.4 Å². The molecule has 0 spiro atoms. The number of carbonyl (C=O) groups excluding carboxylic acids is 3. The lowest BCUT2D eigenvalue weighted by Gasteiger charge is -2.43. The highest BCUT2D eigenvalue weighted by molar-refractivity contribution is 6.01. The van der Waals surface area contributed by atoms with Gasteiger partial charge in [-0.2, -0.15) is 0 Å². The first-order valence-corrected chi connectivity index (χ1v) is 11.9. The van der Waals surface area contributed by atoms with Crippen LogP contribution in [0, 0.1) is 18.6 Å². The first-order valence-electron chi connectivity index (χ1n) is 11.9. The predicted molar refractivity (Wildman–Crippen MR) is 126 cm³/mol. The molecule has 3 N–H and O–H groups in total. The van der Waals surface area contributed by atoms with Crippen LogP contribution < -0.4 is 11.1 Å². The number of carbonyl (C=O) groups is 3. The minimum absolute atomic E-state index is 0.0880. The van der Waals surface area contributed by atoms with Crippen molar-refractivity contribution in [2.24, 2.45) is 5.73 Å². The SMILES string of the molecule is Cc1ccc(C(=O)N2CCCN(C(=O)c3ccc(F)c(F)c3)C2C(=O)NC2CCC(N)CC2)cc1. The average molecular weight is 485 g/mol. The van der Waals surface area contributed by atoms with Crippen LogP contribution >= 0.6 is 0 Å². The molecular weight excluding hydrogens is 454 g/mol. The zero-order valence-corrected chi connectivity index (χ0v) is 19.7. The summed E-state index contributed by atoms with van der Waals surface area (Å²) in [5.41, 5.74) is 7.28. The van der Waals surface area contributed by atoms with Gasteiger partial charge < -0.3 is 20.9 Å². The fraction of sp³-hybridized carbons (Fsp3) is 0.423. The molecule has 0 radical (unpaired) electrons. The summed E-state index contributed by atoms with van der Waals surface area (Å²) in [6.45, 7) is 2.38. The third kappa shape index (κ3) is 5.51. The van der Waals surface area contributed by atoms with Crippen LogP contribution in [0.2, 0.25) is 0 Å². The number of rotatable bonds is 4. The van der Waals surface area contributed by atoms with Crippen LogP contribution in [-0.2, 0) is 4.79 Å². The molecule has 7 nitrogen and oxygen atoms in total. The highest BCUT2D eigenvalue weighted by atomic mass is 19.2. The second kappa shape index (κ2) is 10.5. The molecule has 2 aliphatic rings. The number of amides is 3. The van der Waals surface area contributed by atoms with E-state index in [1.54, 1.807) is 12.1 Å². The van der Waals surface area contributed by atoms with Crippen molar-refractivity contribution in [2.45, 2.75) is 57.3 Å². The molecular formula is C26H30F2N4O3. The van der Waals surface area contributed by atoms with Gasteiger partial charge in [-0.15, -0.1) is 0 Å². The van der Waals surface area contributed by atoms with E-state index in [1.807, 2.05) is 19.1 Å². The van der Waals surface area contributed by atoms with Crippen LogP contribution in [-0.4, -0.2) is 58.9 Å². The Labute approximate surface area is 203 Å². The van der Waals surface area contributed by atoms with E-state index < -0.39 is 29.6 Å². The molecule has 3 amide bonds. The molecule has 1 heterocycles. The molecule has 2 aromatic rings. The maximum absolute atomic E-state index is 13.9. The maximum atomic E-state index is 13.9. The van der Waals surface area contributed by atoms with Crippen LogP contribution in [0.4, 0.5) is 8.78 Å². The van der Waals surface area contributed by atoms with Gasteiger partial charge >= 0.3 is 0 Å². The highest BCUT2D eigenvalue weighted by Crippen LogP contribution is 2.23. The zero-order chi connectivity index (χ0) is 25.1. The van der Waals surface area contributed by atoms with Gasteiger partial charge in [0.25, 0.3) is 17.7 Å². The summed E-state index contributed by atoms with van der Waals surface area (Å²) in [7, 11) is 0. The Morgan fingerprint density at radius 3 is 2.03 bits per heavy atom. The van der Waals surface area contributed by atoms with Crippen molar-refractivity contribution in [3.63, 3.8) is 0 Å². The third-order valence-electron chi connectivity index (χ3n) is 6.73. The van der Waals surface area contributed by atoms with Crippen LogP contribution in [0.5, 0.6) is 0 Å². The molecule has 4 rings (SSSR count). The van der Waals surface area contributed by atoms with Crippen LogP contribution in [0.15, 0.2) is 42.5 Å². The monoisotopic (exact) mass is 484 g/mol. The van der Waals surface area contributed by atoms with Crippen molar-refractivity contribution in [1.82, 2.24) is 15.1 Å². The number of nitrogens with zero attached hydrogens (tertiary/aromatic N) is 2. The minimum atomic E-state index is -1.21. The van der Waals surface area contributed by atoms with E-state index in [9.17, 15) is 23.2 Å². The molecule has 1 aliphatic heterocycles. The van der Waals surface area contributed by atoms with Gasteiger partial charge in [0.2, 0.25) is 0 Å². The second-order valence-corrected chi connectivity index (χ2v) is 9.34. The summed E-state index contributed by atoms with van der Waals surface area (Å²) in [5, 5.41) is 3.00. The van der Waals surface area contributed by atoms with E-state index >= 15 is 0 Å². The van der Waals surface area contributed by atoms with Crippen LogP contribution in [0.3, 0.4) is 0 Å². The van der Waals surface area contributed by atoms with Crippen molar-refractivity contribution >= 4 is 17.7 Å². The Morgan fingerprint density at radius 1 is 0.857 bits per heavy atom. The molecule has 186 valence electrons. The molecule has 1 unspecified atom stereocenters. The highest BCUT2D eigenvalue weighted by Gasteiger charge is 2.41. The van der Waals surface area contributed by atoms with Crippen LogP contribution in [0.25, 0.3) is 0 Å². The summed E-state index contributed by atoms with van der Waals surface area (Å²) >= 11 is 0. The Morgan fingerprint density at radius 2 is 1.43 bits per heavy atom. The lowest BCUT2D eigenvalue weighted by atomic mass is 9.91. The van der Waals surface area contributed by atoms with Gasteiger partial charge in [0, 0.05) is 36.3 Å². The average Bonchev–Trinajstić information content (AvgIpc) is 2.86. The van der Waals surface area contributed by atoms with Crippen molar-refractivity contribution in [2.75, 3.05) is 13.1 Å². The largest absolute Gasteiger partial charge is 0.350 e. The Hall–Kier alpha value is -3.33. The smallest absolute Gasteiger partial charge is 0.264 e. The Bertz CT molecular complexity index is 1100. The van der Waals surface area contributed by atoms with E-state index in [2.05, 4.69) is 5.32 Å². The summed E-state index contributed by atoms with van der Waals surface area (Å²) < 4.78 is 27.3. The number of hydrogen-bond acceptors (Lipinski definition) is 4. The van der Waals surface area contributed by atoms with Crippen molar-refractivity contribution in [3.8, 4) is 0 Å². The second-order valence-electron chi connectivity index (χ2n) is 9.34. The van der Waals surface area contributed by atoms with Crippen molar-refractivity contribution in [1.29, 1.82) is 0 Å². The third-order valence-corrected chi connectivity index (χ3v) is 6.73. The van der Waals surface area contributed by atoms with Gasteiger partial charge in [-0.05, 0) is 69.4 Å². The first kappa shape index (κ1) is 24.8. The topological polar surface area (TPSA) is 95.7 Å². The first-order chi connectivity index (χ1) is 16.7. The molecule has 0 bridgehead atoms. The number of aryl methyl sites for hydroxylation is 1. The summed E-state index contributed by atoms with van der Waals surface area (Å²) in [6, 6.07) is 9.85.